The summed E-state index contributed by atoms with van der Waals surface area (Å²) in [5.74, 6) is 0. The van der Waals surface area contributed by atoms with Gasteiger partial charge in [-0.15, -0.1) is 6.58 Å². The van der Waals surface area contributed by atoms with E-state index in [4.69, 9.17) is 5.73 Å². The van der Waals surface area contributed by atoms with Gasteiger partial charge in [0.15, 0.2) is 0 Å². The Morgan fingerprint density at radius 2 is 2.24 bits per heavy atom. The van der Waals surface area contributed by atoms with Crippen LogP contribution in [-0.2, 0) is 6.42 Å². The highest BCUT2D eigenvalue weighted by molar-refractivity contribution is 5.26. The zero-order chi connectivity index (χ0) is 12.5. The fourth-order valence-corrected chi connectivity index (χ4v) is 2.08. The predicted octanol–water partition coefficient (Wildman–Crippen LogP) is 3.78. The molecule has 0 amide bonds. The number of nitrogens with zero attached hydrogens (tertiary/aromatic N) is 1. The minimum Gasteiger partial charge on any atom is -0.324 e. The lowest BCUT2D eigenvalue weighted by Gasteiger charge is -2.15. The van der Waals surface area contributed by atoms with Gasteiger partial charge in [-0.1, -0.05) is 25.8 Å². The van der Waals surface area contributed by atoms with Gasteiger partial charge >= 0.3 is 0 Å². The van der Waals surface area contributed by atoms with Crippen LogP contribution in [-0.4, -0.2) is 4.98 Å². The third-order valence-electron chi connectivity index (χ3n) is 3.15. The van der Waals surface area contributed by atoms with Crippen molar-refractivity contribution in [3.63, 3.8) is 0 Å². The first-order valence-corrected chi connectivity index (χ1v) is 6.58. The number of nitrogens with two attached hydrogens (primary N) is 1. The standard InChI is InChI=1S/C15H24N2/c1-3-5-6-7-8-9-15(16)14-10-11-17-12-13(14)4-2/h3,10-12,15H,1,4-9,16H2,2H3. The molecule has 1 rings (SSSR count). The second kappa shape index (κ2) is 8.02. The van der Waals surface area contributed by atoms with E-state index in [1.165, 1.54) is 30.4 Å². The molecule has 2 heteroatoms. The van der Waals surface area contributed by atoms with Crippen molar-refractivity contribution in [2.75, 3.05) is 0 Å². The highest BCUT2D eigenvalue weighted by atomic mass is 14.7. The molecule has 94 valence electrons. The molecule has 0 fully saturated rings. The van der Waals surface area contributed by atoms with E-state index in [-0.39, 0.29) is 6.04 Å². The largest absolute Gasteiger partial charge is 0.324 e. The molecule has 0 aliphatic carbocycles. The smallest absolute Gasteiger partial charge is 0.0303 e. The van der Waals surface area contributed by atoms with Crippen LogP contribution in [0.2, 0.25) is 0 Å². The van der Waals surface area contributed by atoms with Crippen LogP contribution in [0.5, 0.6) is 0 Å². The summed E-state index contributed by atoms with van der Waals surface area (Å²) in [5.41, 5.74) is 8.79. The van der Waals surface area contributed by atoms with E-state index in [0.717, 1.165) is 19.3 Å². The fourth-order valence-electron chi connectivity index (χ4n) is 2.08. The maximum absolute atomic E-state index is 6.24. The molecule has 0 aliphatic rings. The number of aryl methyl sites for hydroxylation is 1. The van der Waals surface area contributed by atoms with Crippen LogP contribution < -0.4 is 5.73 Å². The van der Waals surface area contributed by atoms with Gasteiger partial charge in [0.1, 0.15) is 0 Å². The van der Waals surface area contributed by atoms with Gasteiger partial charge in [-0.3, -0.25) is 4.98 Å². The van der Waals surface area contributed by atoms with Gasteiger partial charge in [0.25, 0.3) is 0 Å². The lowest BCUT2D eigenvalue weighted by atomic mass is 9.97. The van der Waals surface area contributed by atoms with Crippen molar-refractivity contribution in [3.8, 4) is 0 Å². The van der Waals surface area contributed by atoms with Gasteiger partial charge in [0.05, 0.1) is 0 Å². The van der Waals surface area contributed by atoms with Crippen LogP contribution in [0, 0.1) is 0 Å². The summed E-state index contributed by atoms with van der Waals surface area (Å²) >= 11 is 0. The van der Waals surface area contributed by atoms with E-state index in [2.05, 4.69) is 24.6 Å². The van der Waals surface area contributed by atoms with Crippen LogP contribution in [0.1, 0.15) is 56.2 Å². The van der Waals surface area contributed by atoms with E-state index in [0.29, 0.717) is 0 Å². The Balaban J connectivity index is 2.40. The monoisotopic (exact) mass is 232 g/mol. The summed E-state index contributed by atoms with van der Waals surface area (Å²) in [6, 6.07) is 2.23. The third kappa shape index (κ3) is 4.70. The van der Waals surface area contributed by atoms with Gasteiger partial charge in [0.2, 0.25) is 0 Å². The topological polar surface area (TPSA) is 38.9 Å². The minimum absolute atomic E-state index is 0.164. The SMILES string of the molecule is C=CCCCCCC(N)c1ccncc1CC. The molecule has 2 nitrogen and oxygen atoms in total. The Morgan fingerprint density at radius 3 is 2.94 bits per heavy atom. The molecule has 0 spiro atoms. The highest BCUT2D eigenvalue weighted by Gasteiger charge is 2.09. The molecule has 0 aromatic carbocycles. The fraction of sp³-hybridized carbons (Fsp3) is 0.533. The summed E-state index contributed by atoms with van der Waals surface area (Å²) in [7, 11) is 0. The Labute approximate surface area is 105 Å². The number of hydrogen-bond donors (Lipinski definition) is 1. The Morgan fingerprint density at radius 1 is 1.41 bits per heavy atom. The minimum atomic E-state index is 0.164. The number of unbranched alkanes of at least 4 members (excludes halogenated alkanes) is 3. The van der Waals surface area contributed by atoms with Crippen molar-refractivity contribution in [2.24, 2.45) is 5.73 Å². The van der Waals surface area contributed by atoms with Gasteiger partial charge in [-0.05, 0) is 42.9 Å². The van der Waals surface area contributed by atoms with Crippen LogP contribution in [0.4, 0.5) is 0 Å². The summed E-state index contributed by atoms with van der Waals surface area (Å²) in [6.45, 7) is 5.88. The Bertz CT molecular complexity index is 333. The molecule has 17 heavy (non-hydrogen) atoms. The lowest BCUT2D eigenvalue weighted by Crippen LogP contribution is -2.12. The van der Waals surface area contributed by atoms with Crippen molar-refractivity contribution >= 4 is 0 Å². The van der Waals surface area contributed by atoms with E-state index in [1.807, 2.05) is 18.5 Å². The zero-order valence-corrected chi connectivity index (χ0v) is 10.9. The molecule has 1 atom stereocenters. The summed E-state index contributed by atoms with van der Waals surface area (Å²) < 4.78 is 0. The van der Waals surface area contributed by atoms with Crippen LogP contribution in [0.25, 0.3) is 0 Å². The predicted molar refractivity (Wildman–Crippen MR) is 73.8 cm³/mol. The average molecular weight is 232 g/mol. The molecule has 0 saturated heterocycles. The zero-order valence-electron chi connectivity index (χ0n) is 10.9. The van der Waals surface area contributed by atoms with Crippen molar-refractivity contribution < 1.29 is 0 Å². The molecule has 1 heterocycles. The number of allylic oxidation sites excluding steroid dienone is 1. The molecule has 1 aromatic heterocycles. The van der Waals surface area contributed by atoms with Crippen molar-refractivity contribution in [3.05, 3.63) is 42.2 Å². The third-order valence-corrected chi connectivity index (χ3v) is 3.15. The van der Waals surface area contributed by atoms with Gasteiger partial charge in [-0.25, -0.2) is 0 Å². The highest BCUT2D eigenvalue weighted by Crippen LogP contribution is 2.21. The van der Waals surface area contributed by atoms with E-state index >= 15 is 0 Å². The maximum Gasteiger partial charge on any atom is 0.0303 e. The molecule has 1 unspecified atom stereocenters. The van der Waals surface area contributed by atoms with Gasteiger partial charge in [0, 0.05) is 18.4 Å². The van der Waals surface area contributed by atoms with Crippen LogP contribution in [0.3, 0.4) is 0 Å². The van der Waals surface area contributed by atoms with E-state index < -0.39 is 0 Å². The van der Waals surface area contributed by atoms with E-state index in [1.54, 1.807) is 0 Å². The van der Waals surface area contributed by atoms with E-state index in [9.17, 15) is 0 Å². The van der Waals surface area contributed by atoms with Gasteiger partial charge in [-0.2, -0.15) is 0 Å². The molecule has 0 bridgehead atoms. The normalized spacial score (nSPS) is 12.4. The number of aromatic nitrogens is 1. The van der Waals surface area contributed by atoms with Crippen LogP contribution in [0.15, 0.2) is 31.1 Å². The molecular weight excluding hydrogens is 208 g/mol. The molecule has 0 aliphatic heterocycles. The van der Waals surface area contributed by atoms with Crippen molar-refractivity contribution in [1.29, 1.82) is 0 Å². The van der Waals surface area contributed by atoms with Gasteiger partial charge < -0.3 is 5.73 Å². The first-order valence-electron chi connectivity index (χ1n) is 6.58. The summed E-state index contributed by atoms with van der Waals surface area (Å²) in [6.07, 6.45) is 12.6. The van der Waals surface area contributed by atoms with Crippen LogP contribution >= 0.6 is 0 Å². The maximum atomic E-state index is 6.24. The molecular formula is C15H24N2. The number of pyridine rings is 1. The molecule has 1 aromatic rings. The second-order valence-electron chi connectivity index (χ2n) is 4.46. The first-order chi connectivity index (χ1) is 8.29. The van der Waals surface area contributed by atoms with Crippen molar-refractivity contribution in [1.82, 2.24) is 4.98 Å². The molecule has 0 radical (unpaired) electrons. The average Bonchev–Trinajstić information content (AvgIpc) is 2.38. The Kier molecular flexibility index (Phi) is 6.56. The number of rotatable bonds is 8. The molecule has 0 saturated carbocycles. The summed E-state index contributed by atoms with van der Waals surface area (Å²) in [4.78, 5) is 4.15. The summed E-state index contributed by atoms with van der Waals surface area (Å²) in [5, 5.41) is 0. The quantitative estimate of drug-likeness (QED) is 0.547. The Hall–Kier alpha value is -1.15. The molecule has 2 N–H and O–H groups in total. The number of hydrogen-bond acceptors (Lipinski definition) is 2. The van der Waals surface area contributed by atoms with Crippen molar-refractivity contribution in [2.45, 2.75) is 51.5 Å². The first kappa shape index (κ1) is 13.9. The lowest BCUT2D eigenvalue weighted by molar-refractivity contribution is 0.569. The second-order valence-corrected chi connectivity index (χ2v) is 4.46.